The second-order valence-corrected chi connectivity index (χ2v) is 5.50. The number of rotatable bonds is 15. The van der Waals surface area contributed by atoms with Gasteiger partial charge in [0, 0.05) is 0 Å². The molecular formula is C17H34O2. The van der Waals surface area contributed by atoms with Gasteiger partial charge >= 0.3 is 0 Å². The van der Waals surface area contributed by atoms with Crippen LogP contribution in [0.25, 0.3) is 0 Å². The van der Waals surface area contributed by atoms with Gasteiger partial charge in [0.2, 0.25) is 0 Å². The van der Waals surface area contributed by atoms with Gasteiger partial charge < -0.3 is 4.89 Å². The predicted molar refractivity (Wildman–Crippen MR) is 82.9 cm³/mol. The first-order chi connectivity index (χ1) is 9.27. The average molecular weight is 270 g/mol. The van der Waals surface area contributed by atoms with Crippen molar-refractivity contribution in [3.05, 3.63) is 12.3 Å². The van der Waals surface area contributed by atoms with E-state index >= 15 is 0 Å². The molecule has 0 aliphatic heterocycles. The molecule has 0 saturated heterocycles. The molecule has 0 aliphatic carbocycles. The van der Waals surface area contributed by atoms with Crippen molar-refractivity contribution < 1.29 is 9.78 Å². The van der Waals surface area contributed by atoms with Crippen LogP contribution in [0.2, 0.25) is 0 Å². The number of hydrogen-bond donors (Lipinski definition) is 0. The maximum Gasteiger partial charge on any atom is 0.132 e. The highest BCUT2D eigenvalue weighted by Crippen LogP contribution is 2.11. The SMILES string of the molecule is C=C(C)OOCCCCCCCCCCCCCC. The summed E-state index contributed by atoms with van der Waals surface area (Å²) in [5.74, 6) is 0.624. The molecule has 0 bridgehead atoms. The highest BCUT2D eigenvalue weighted by molar-refractivity contribution is 4.70. The molecule has 0 unspecified atom stereocenters. The number of hydrogen-bond acceptors (Lipinski definition) is 2. The largest absolute Gasteiger partial charge is 0.343 e. The molecule has 0 spiro atoms. The molecule has 0 atom stereocenters. The third-order valence-corrected chi connectivity index (χ3v) is 3.28. The minimum Gasteiger partial charge on any atom is -0.343 e. The van der Waals surface area contributed by atoms with Crippen LogP contribution in [0.1, 0.15) is 90.9 Å². The topological polar surface area (TPSA) is 18.5 Å². The number of allylic oxidation sites excluding steroid dienone is 1. The Labute approximate surface area is 120 Å². The van der Waals surface area contributed by atoms with Gasteiger partial charge in [0.1, 0.15) is 5.76 Å². The van der Waals surface area contributed by atoms with E-state index < -0.39 is 0 Å². The van der Waals surface area contributed by atoms with Crippen LogP contribution in [0.4, 0.5) is 0 Å². The van der Waals surface area contributed by atoms with Crippen LogP contribution < -0.4 is 0 Å². The Kier molecular flexibility index (Phi) is 15.1. The summed E-state index contributed by atoms with van der Waals surface area (Å²) in [6.45, 7) is 8.36. The molecule has 0 aromatic heterocycles. The molecule has 19 heavy (non-hydrogen) atoms. The Morgan fingerprint density at radius 1 is 0.737 bits per heavy atom. The Hall–Kier alpha value is -0.500. The smallest absolute Gasteiger partial charge is 0.132 e. The van der Waals surface area contributed by atoms with Crippen molar-refractivity contribution in [1.29, 1.82) is 0 Å². The van der Waals surface area contributed by atoms with Crippen molar-refractivity contribution in [1.82, 2.24) is 0 Å². The molecule has 114 valence electrons. The lowest BCUT2D eigenvalue weighted by atomic mass is 10.1. The first-order valence-electron chi connectivity index (χ1n) is 8.22. The Balaban J connectivity index is 2.93. The van der Waals surface area contributed by atoms with Gasteiger partial charge in [-0.05, 0) is 13.3 Å². The van der Waals surface area contributed by atoms with Gasteiger partial charge in [-0.25, -0.2) is 0 Å². The average Bonchev–Trinajstić information content (AvgIpc) is 2.39. The van der Waals surface area contributed by atoms with E-state index in [1.165, 1.54) is 70.6 Å². The molecular weight excluding hydrogens is 236 g/mol. The molecule has 0 aliphatic rings. The minimum atomic E-state index is 0.624. The fourth-order valence-corrected chi connectivity index (χ4v) is 2.14. The molecule has 0 amide bonds. The molecule has 0 heterocycles. The van der Waals surface area contributed by atoms with Gasteiger partial charge in [0.25, 0.3) is 0 Å². The van der Waals surface area contributed by atoms with Crippen LogP contribution in [0.5, 0.6) is 0 Å². The Morgan fingerprint density at radius 2 is 1.16 bits per heavy atom. The highest BCUT2D eigenvalue weighted by atomic mass is 17.2. The van der Waals surface area contributed by atoms with Gasteiger partial charge in [0.05, 0.1) is 6.61 Å². The van der Waals surface area contributed by atoms with E-state index in [9.17, 15) is 0 Å². The third kappa shape index (κ3) is 17.5. The fraction of sp³-hybridized carbons (Fsp3) is 0.882. The normalized spacial score (nSPS) is 10.6. The Bertz CT molecular complexity index is 190. The third-order valence-electron chi connectivity index (χ3n) is 3.28. The maximum absolute atomic E-state index is 4.99. The van der Waals surface area contributed by atoms with Crippen molar-refractivity contribution in [2.24, 2.45) is 0 Å². The molecule has 2 heteroatoms. The summed E-state index contributed by atoms with van der Waals surface area (Å²) in [5, 5.41) is 0. The summed E-state index contributed by atoms with van der Waals surface area (Å²) in [4.78, 5) is 9.83. The first kappa shape index (κ1) is 18.5. The van der Waals surface area contributed by atoms with E-state index in [0.29, 0.717) is 12.4 Å². The fourth-order valence-electron chi connectivity index (χ4n) is 2.14. The van der Waals surface area contributed by atoms with E-state index in [-0.39, 0.29) is 0 Å². The summed E-state index contributed by atoms with van der Waals surface area (Å²) in [6, 6.07) is 0. The van der Waals surface area contributed by atoms with E-state index in [1.807, 2.05) is 0 Å². The summed E-state index contributed by atoms with van der Waals surface area (Å²) in [6.07, 6.45) is 16.3. The van der Waals surface area contributed by atoms with E-state index in [2.05, 4.69) is 13.5 Å². The molecule has 0 N–H and O–H groups in total. The van der Waals surface area contributed by atoms with Gasteiger partial charge in [0.15, 0.2) is 0 Å². The zero-order chi connectivity index (χ0) is 14.2. The zero-order valence-corrected chi connectivity index (χ0v) is 13.2. The predicted octanol–water partition coefficient (Wildman–Crippen LogP) is 6.17. The van der Waals surface area contributed by atoms with E-state index in [1.54, 1.807) is 6.92 Å². The molecule has 0 fully saturated rings. The monoisotopic (exact) mass is 270 g/mol. The Morgan fingerprint density at radius 3 is 1.58 bits per heavy atom. The molecule has 0 radical (unpaired) electrons. The second-order valence-electron chi connectivity index (χ2n) is 5.50. The molecule has 0 aromatic carbocycles. The van der Waals surface area contributed by atoms with E-state index in [4.69, 9.17) is 9.78 Å². The molecule has 2 nitrogen and oxygen atoms in total. The lowest BCUT2D eigenvalue weighted by molar-refractivity contribution is -0.261. The van der Waals surface area contributed by atoms with Gasteiger partial charge in [-0.2, -0.15) is 4.89 Å². The van der Waals surface area contributed by atoms with Crippen LogP contribution in [-0.4, -0.2) is 6.61 Å². The highest BCUT2D eigenvalue weighted by Gasteiger charge is 1.94. The summed E-state index contributed by atoms with van der Waals surface area (Å²) >= 11 is 0. The maximum atomic E-state index is 4.99. The lowest BCUT2D eigenvalue weighted by Gasteiger charge is -2.04. The molecule has 0 aromatic rings. The number of unbranched alkanes of at least 4 members (excludes halogenated alkanes) is 11. The van der Waals surface area contributed by atoms with E-state index in [0.717, 1.165) is 6.42 Å². The van der Waals surface area contributed by atoms with Crippen molar-refractivity contribution in [2.75, 3.05) is 6.61 Å². The van der Waals surface area contributed by atoms with Crippen molar-refractivity contribution in [3.8, 4) is 0 Å². The van der Waals surface area contributed by atoms with Crippen molar-refractivity contribution in [3.63, 3.8) is 0 Å². The first-order valence-corrected chi connectivity index (χ1v) is 8.22. The van der Waals surface area contributed by atoms with Gasteiger partial charge in [-0.3, -0.25) is 0 Å². The zero-order valence-electron chi connectivity index (χ0n) is 13.2. The summed E-state index contributed by atoms with van der Waals surface area (Å²) in [7, 11) is 0. The van der Waals surface area contributed by atoms with Crippen LogP contribution >= 0.6 is 0 Å². The lowest BCUT2D eigenvalue weighted by Crippen LogP contribution is -1.94. The van der Waals surface area contributed by atoms with Crippen molar-refractivity contribution >= 4 is 0 Å². The van der Waals surface area contributed by atoms with Gasteiger partial charge in [-0.1, -0.05) is 84.1 Å². The van der Waals surface area contributed by atoms with Crippen LogP contribution in [-0.2, 0) is 9.78 Å². The minimum absolute atomic E-state index is 0.624. The van der Waals surface area contributed by atoms with Gasteiger partial charge in [-0.15, -0.1) is 0 Å². The van der Waals surface area contributed by atoms with Crippen LogP contribution in [0.3, 0.4) is 0 Å². The quantitative estimate of drug-likeness (QED) is 0.153. The van der Waals surface area contributed by atoms with Crippen LogP contribution in [0.15, 0.2) is 12.3 Å². The summed E-state index contributed by atoms with van der Waals surface area (Å²) in [5.41, 5.74) is 0. The molecule has 0 rings (SSSR count). The second kappa shape index (κ2) is 15.6. The van der Waals surface area contributed by atoms with Crippen molar-refractivity contribution in [2.45, 2.75) is 90.9 Å². The summed E-state index contributed by atoms with van der Waals surface area (Å²) < 4.78 is 0. The standard InChI is InChI=1S/C17H34O2/c1-4-5-6-7-8-9-10-11-12-13-14-15-16-18-19-17(2)3/h2,4-16H2,1,3H3. The molecule has 0 saturated carbocycles. The van der Waals surface area contributed by atoms with Crippen LogP contribution in [0, 0.1) is 0 Å².